The molecule has 0 spiro atoms. The molecule has 98 valence electrons. The van der Waals surface area contributed by atoms with E-state index in [2.05, 4.69) is 4.98 Å². The van der Waals surface area contributed by atoms with Gasteiger partial charge in [0.2, 0.25) is 0 Å². The molecule has 2 aromatic rings. The van der Waals surface area contributed by atoms with Crippen molar-refractivity contribution in [2.75, 3.05) is 20.6 Å². The maximum absolute atomic E-state index is 11.9. The van der Waals surface area contributed by atoms with E-state index in [1.165, 1.54) is 9.80 Å². The summed E-state index contributed by atoms with van der Waals surface area (Å²) in [5.74, 6) is -0.900. The smallest absolute Gasteiger partial charge is 0.312 e. The van der Waals surface area contributed by atoms with Crippen LogP contribution >= 0.6 is 0 Å². The quantitative estimate of drug-likeness (QED) is 0.779. The predicted octanol–water partition coefficient (Wildman–Crippen LogP) is 1.14. The van der Waals surface area contributed by atoms with E-state index in [9.17, 15) is 9.59 Å². The van der Waals surface area contributed by atoms with E-state index < -0.39 is 11.8 Å². The van der Waals surface area contributed by atoms with Crippen LogP contribution in [0.2, 0.25) is 0 Å². The molecule has 3 rings (SSSR count). The van der Waals surface area contributed by atoms with Crippen LogP contribution in [0.25, 0.3) is 10.9 Å². The number of nitrogens with zero attached hydrogens (tertiary/aromatic N) is 2. The van der Waals surface area contributed by atoms with Crippen molar-refractivity contribution in [2.24, 2.45) is 0 Å². The van der Waals surface area contributed by atoms with Gasteiger partial charge < -0.3 is 14.8 Å². The van der Waals surface area contributed by atoms with Crippen LogP contribution in [-0.4, -0.2) is 47.2 Å². The summed E-state index contributed by atoms with van der Waals surface area (Å²) in [7, 11) is 3.34. The number of carbonyl (C=O) groups excluding carboxylic acids is 2. The lowest BCUT2D eigenvalue weighted by molar-refractivity contribution is -0.156. The van der Waals surface area contributed by atoms with Gasteiger partial charge in [-0.25, -0.2) is 0 Å². The molecule has 2 amide bonds. The van der Waals surface area contributed by atoms with E-state index in [-0.39, 0.29) is 6.04 Å². The molecule has 1 saturated heterocycles. The van der Waals surface area contributed by atoms with Crippen LogP contribution < -0.4 is 0 Å². The van der Waals surface area contributed by atoms with Gasteiger partial charge in [0, 0.05) is 43.3 Å². The Hall–Kier alpha value is -2.30. The third-order valence-electron chi connectivity index (χ3n) is 3.74. The highest BCUT2D eigenvalue weighted by molar-refractivity contribution is 6.35. The number of H-pyrrole nitrogens is 1. The number of likely N-dealkylation sites (N-methyl/N-ethyl adjacent to an activating group) is 2. The highest BCUT2D eigenvalue weighted by atomic mass is 16.2. The van der Waals surface area contributed by atoms with Gasteiger partial charge in [0.15, 0.2) is 0 Å². The number of aromatic nitrogens is 1. The highest BCUT2D eigenvalue weighted by Gasteiger charge is 2.36. The summed E-state index contributed by atoms with van der Waals surface area (Å²) >= 11 is 0. The molecular formula is C14H15N3O2. The van der Waals surface area contributed by atoms with Crippen molar-refractivity contribution in [3.05, 3.63) is 36.0 Å². The first kappa shape index (κ1) is 11.8. The summed E-state index contributed by atoms with van der Waals surface area (Å²) < 4.78 is 0. The number of carbonyl (C=O) groups is 2. The zero-order chi connectivity index (χ0) is 13.6. The number of fused-ring (bicyclic) bond motifs is 1. The summed E-state index contributed by atoms with van der Waals surface area (Å²) in [5, 5.41) is 1.09. The predicted molar refractivity (Wildman–Crippen MR) is 71.4 cm³/mol. The summed E-state index contributed by atoms with van der Waals surface area (Å²) in [4.78, 5) is 29.8. The summed E-state index contributed by atoms with van der Waals surface area (Å²) in [6.07, 6.45) is 1.92. The minimum Gasteiger partial charge on any atom is -0.361 e. The number of rotatable bonds is 1. The first-order valence-corrected chi connectivity index (χ1v) is 6.18. The monoisotopic (exact) mass is 257 g/mol. The fourth-order valence-electron chi connectivity index (χ4n) is 2.60. The Morgan fingerprint density at radius 2 is 1.89 bits per heavy atom. The molecule has 1 aliphatic rings. The van der Waals surface area contributed by atoms with Gasteiger partial charge in [-0.15, -0.1) is 0 Å². The molecule has 1 aromatic carbocycles. The fourth-order valence-corrected chi connectivity index (χ4v) is 2.60. The molecular weight excluding hydrogens is 242 g/mol. The molecule has 0 bridgehead atoms. The fraction of sp³-hybridized carbons (Fsp3) is 0.286. The van der Waals surface area contributed by atoms with Crippen molar-refractivity contribution in [3.63, 3.8) is 0 Å². The third kappa shape index (κ3) is 1.69. The molecule has 5 heteroatoms. The SMILES string of the molecule is CN1CC(c2c[nH]c3ccccc23)N(C)C(=O)C1=O. The molecule has 1 aromatic heterocycles. The summed E-state index contributed by atoms with van der Waals surface area (Å²) in [6, 6.07) is 7.85. The number of para-hydroxylation sites is 1. The molecule has 1 aliphatic heterocycles. The number of amides is 2. The van der Waals surface area contributed by atoms with Gasteiger partial charge in [0.05, 0.1) is 6.04 Å². The summed E-state index contributed by atoms with van der Waals surface area (Å²) in [5.41, 5.74) is 2.09. The van der Waals surface area contributed by atoms with Gasteiger partial charge in [-0.1, -0.05) is 18.2 Å². The van der Waals surface area contributed by atoms with Crippen molar-refractivity contribution < 1.29 is 9.59 Å². The second kappa shape index (κ2) is 4.12. The Morgan fingerprint density at radius 3 is 2.68 bits per heavy atom. The molecule has 0 aliphatic carbocycles. The minimum absolute atomic E-state index is 0.105. The first-order chi connectivity index (χ1) is 9.09. The van der Waals surface area contributed by atoms with Crippen LogP contribution in [0.1, 0.15) is 11.6 Å². The molecule has 0 saturated carbocycles. The maximum Gasteiger partial charge on any atom is 0.312 e. The van der Waals surface area contributed by atoms with Gasteiger partial charge in [-0.05, 0) is 6.07 Å². The van der Waals surface area contributed by atoms with E-state index in [1.807, 2.05) is 30.5 Å². The molecule has 0 radical (unpaired) electrons. The number of benzene rings is 1. The number of hydrogen-bond donors (Lipinski definition) is 1. The second-order valence-corrected chi connectivity index (χ2v) is 4.91. The minimum atomic E-state index is -0.455. The van der Waals surface area contributed by atoms with Crippen LogP contribution in [0.3, 0.4) is 0 Å². The molecule has 19 heavy (non-hydrogen) atoms. The molecule has 1 fully saturated rings. The maximum atomic E-state index is 11.9. The van der Waals surface area contributed by atoms with Crippen LogP contribution in [0.5, 0.6) is 0 Å². The number of aromatic amines is 1. The normalized spacial score (nSPS) is 20.4. The van der Waals surface area contributed by atoms with Crippen LogP contribution in [0.4, 0.5) is 0 Å². The lowest BCUT2D eigenvalue weighted by atomic mass is 10.0. The van der Waals surface area contributed by atoms with Crippen molar-refractivity contribution in [2.45, 2.75) is 6.04 Å². The van der Waals surface area contributed by atoms with E-state index in [1.54, 1.807) is 14.1 Å². The van der Waals surface area contributed by atoms with Crippen molar-refractivity contribution >= 4 is 22.7 Å². The zero-order valence-electron chi connectivity index (χ0n) is 10.9. The van der Waals surface area contributed by atoms with Crippen LogP contribution in [0, 0.1) is 0 Å². The van der Waals surface area contributed by atoms with E-state index in [4.69, 9.17) is 0 Å². The standard InChI is InChI=1S/C14H15N3O2/c1-16-8-12(17(2)14(19)13(16)18)10-7-15-11-6-4-3-5-9(10)11/h3-7,12,15H,8H2,1-2H3. The first-order valence-electron chi connectivity index (χ1n) is 6.18. The van der Waals surface area contributed by atoms with Gasteiger partial charge in [0.25, 0.3) is 0 Å². The Morgan fingerprint density at radius 1 is 1.16 bits per heavy atom. The lowest BCUT2D eigenvalue weighted by Gasteiger charge is -2.36. The highest BCUT2D eigenvalue weighted by Crippen LogP contribution is 2.30. The third-order valence-corrected chi connectivity index (χ3v) is 3.74. The largest absolute Gasteiger partial charge is 0.361 e. The number of nitrogens with one attached hydrogen (secondary N) is 1. The zero-order valence-corrected chi connectivity index (χ0v) is 10.9. The molecule has 1 unspecified atom stereocenters. The van der Waals surface area contributed by atoms with Gasteiger partial charge >= 0.3 is 11.8 Å². The Labute approximate surface area is 110 Å². The Bertz CT molecular complexity index is 662. The Kier molecular flexibility index (Phi) is 2.55. The van der Waals surface area contributed by atoms with Gasteiger partial charge in [-0.2, -0.15) is 0 Å². The number of piperazine rings is 1. The average Bonchev–Trinajstić information content (AvgIpc) is 2.84. The Balaban J connectivity index is 2.06. The van der Waals surface area contributed by atoms with Gasteiger partial charge in [-0.3, -0.25) is 9.59 Å². The van der Waals surface area contributed by atoms with E-state index in [0.29, 0.717) is 6.54 Å². The van der Waals surface area contributed by atoms with Crippen molar-refractivity contribution in [1.29, 1.82) is 0 Å². The molecule has 5 nitrogen and oxygen atoms in total. The van der Waals surface area contributed by atoms with E-state index >= 15 is 0 Å². The van der Waals surface area contributed by atoms with Crippen LogP contribution in [-0.2, 0) is 9.59 Å². The van der Waals surface area contributed by atoms with E-state index in [0.717, 1.165) is 16.5 Å². The topological polar surface area (TPSA) is 56.4 Å². The molecule has 2 heterocycles. The molecule has 1 atom stereocenters. The average molecular weight is 257 g/mol. The van der Waals surface area contributed by atoms with Crippen molar-refractivity contribution in [3.8, 4) is 0 Å². The number of hydrogen-bond acceptors (Lipinski definition) is 2. The lowest BCUT2D eigenvalue weighted by Crippen LogP contribution is -2.52. The van der Waals surface area contributed by atoms with Crippen molar-refractivity contribution in [1.82, 2.24) is 14.8 Å². The van der Waals surface area contributed by atoms with Gasteiger partial charge in [0.1, 0.15) is 0 Å². The molecule has 1 N–H and O–H groups in total. The second-order valence-electron chi connectivity index (χ2n) is 4.91. The van der Waals surface area contributed by atoms with Crippen LogP contribution in [0.15, 0.2) is 30.5 Å². The summed E-state index contributed by atoms with van der Waals surface area (Å²) in [6.45, 7) is 0.517.